The largest absolute Gasteiger partial charge is 1.00 e. The number of amides is 2. The van der Waals surface area contributed by atoms with Gasteiger partial charge in [-0.3, -0.25) is 4.79 Å². The fourth-order valence-corrected chi connectivity index (χ4v) is 3.02. The number of benzene rings is 1. The lowest BCUT2D eigenvalue weighted by molar-refractivity contribution is -0.927. The molecule has 0 radical (unpaired) electrons. The van der Waals surface area contributed by atoms with E-state index in [0.717, 1.165) is 37.0 Å². The van der Waals surface area contributed by atoms with Gasteiger partial charge in [0, 0.05) is 25.8 Å². The molecule has 1 fully saturated rings. The first-order chi connectivity index (χ1) is 12.4. The zero-order valence-corrected chi connectivity index (χ0v) is 18.5. The summed E-state index contributed by atoms with van der Waals surface area (Å²) in [5, 5.41) is 2.93. The van der Waals surface area contributed by atoms with Crippen LogP contribution in [0.2, 0.25) is 0 Å². The van der Waals surface area contributed by atoms with Crippen LogP contribution < -0.4 is 34.0 Å². The van der Waals surface area contributed by atoms with E-state index < -0.39 is 6.09 Å². The molecule has 152 valence electrons. The molecule has 27 heavy (non-hydrogen) atoms. The van der Waals surface area contributed by atoms with Crippen LogP contribution in [0.3, 0.4) is 0 Å². The maximum absolute atomic E-state index is 12.6. The van der Waals surface area contributed by atoms with E-state index >= 15 is 0 Å². The van der Waals surface area contributed by atoms with Crippen molar-refractivity contribution < 1.29 is 47.5 Å². The quantitative estimate of drug-likeness (QED) is 0.406. The van der Waals surface area contributed by atoms with Gasteiger partial charge in [-0.1, -0.05) is 19.4 Å². The van der Waals surface area contributed by atoms with Crippen LogP contribution in [0.1, 0.15) is 19.8 Å². The van der Waals surface area contributed by atoms with Crippen molar-refractivity contribution in [3.05, 3.63) is 24.3 Å². The van der Waals surface area contributed by atoms with Crippen LogP contribution in [0.25, 0.3) is 0 Å². The van der Waals surface area contributed by atoms with Gasteiger partial charge in [-0.25, -0.2) is 4.79 Å². The van der Waals surface area contributed by atoms with Gasteiger partial charge in [0.25, 0.3) is 5.91 Å². The number of nitrogens with one attached hydrogen (secondary N) is 1. The summed E-state index contributed by atoms with van der Waals surface area (Å²) in [7, 11) is 3.24. The van der Waals surface area contributed by atoms with Crippen molar-refractivity contribution in [3.63, 3.8) is 0 Å². The average molecular weight is 491 g/mol. The molecule has 0 spiro atoms. The summed E-state index contributed by atoms with van der Waals surface area (Å²) in [5.41, 5.74) is 0.626. The molecule has 8 heteroatoms. The standard InChI is InChI=1S/C19H29N3O4.HI/c1-4-5-9-22(10-12-25-13-11-22)15-18(23)20-16-7-6-8-17(14-16)26-19(24)21(2)3;/h6-8,14H,4-5,9-13,15H2,1-3H3;1H. The molecule has 1 N–H and O–H groups in total. The number of carbonyl (C=O) groups excluding carboxylic acids is 2. The van der Waals surface area contributed by atoms with Crippen molar-refractivity contribution in [2.24, 2.45) is 0 Å². The third kappa shape index (κ3) is 7.63. The topological polar surface area (TPSA) is 67.9 Å². The first kappa shape index (κ1) is 23.6. The molecule has 0 aromatic heterocycles. The third-order valence-corrected chi connectivity index (χ3v) is 4.57. The molecular formula is C19H30IN3O4. The molecule has 0 saturated carbocycles. The van der Waals surface area contributed by atoms with Crippen LogP contribution in [0, 0.1) is 0 Å². The summed E-state index contributed by atoms with van der Waals surface area (Å²) in [6.45, 7) is 6.73. The molecule has 2 amide bonds. The van der Waals surface area contributed by atoms with Gasteiger partial charge in [0.1, 0.15) is 18.8 Å². The Labute approximate surface area is 178 Å². The van der Waals surface area contributed by atoms with Gasteiger partial charge in [0.15, 0.2) is 6.54 Å². The Morgan fingerprint density at radius 2 is 1.96 bits per heavy atom. The van der Waals surface area contributed by atoms with Gasteiger partial charge in [-0.2, -0.15) is 0 Å². The second-order valence-corrected chi connectivity index (χ2v) is 6.97. The number of morpholine rings is 1. The molecule has 0 bridgehead atoms. The van der Waals surface area contributed by atoms with E-state index in [1.165, 1.54) is 4.90 Å². The second kappa shape index (κ2) is 11.5. The van der Waals surface area contributed by atoms with Crippen LogP contribution in [0.4, 0.5) is 10.5 Å². The smallest absolute Gasteiger partial charge is 0.414 e. The zero-order chi connectivity index (χ0) is 19.0. The maximum Gasteiger partial charge on any atom is 0.414 e. The minimum atomic E-state index is -0.453. The lowest BCUT2D eigenvalue weighted by Gasteiger charge is -2.40. The third-order valence-electron chi connectivity index (χ3n) is 4.57. The molecule has 1 aromatic carbocycles. The van der Waals surface area contributed by atoms with Crippen molar-refractivity contribution in [2.75, 3.05) is 58.8 Å². The molecule has 1 aliphatic rings. The molecule has 1 heterocycles. The monoisotopic (exact) mass is 491 g/mol. The summed E-state index contributed by atoms with van der Waals surface area (Å²) in [6, 6.07) is 6.90. The fourth-order valence-electron chi connectivity index (χ4n) is 3.02. The van der Waals surface area contributed by atoms with Gasteiger partial charge in [-0.15, -0.1) is 0 Å². The molecule has 0 unspecified atom stereocenters. The fraction of sp³-hybridized carbons (Fsp3) is 0.579. The number of rotatable bonds is 7. The van der Waals surface area contributed by atoms with Crippen LogP contribution >= 0.6 is 0 Å². The maximum atomic E-state index is 12.6. The number of unbranched alkanes of at least 4 members (excludes halogenated alkanes) is 1. The van der Waals surface area contributed by atoms with E-state index in [0.29, 0.717) is 31.2 Å². The minimum Gasteiger partial charge on any atom is -1.00 e. The van der Waals surface area contributed by atoms with E-state index in [1.807, 2.05) is 0 Å². The molecule has 0 atom stereocenters. The lowest BCUT2D eigenvalue weighted by atomic mass is 10.2. The Kier molecular flexibility index (Phi) is 10.0. The van der Waals surface area contributed by atoms with Crippen molar-refractivity contribution in [3.8, 4) is 5.75 Å². The predicted octanol–water partition coefficient (Wildman–Crippen LogP) is -0.663. The minimum absolute atomic E-state index is 0. The first-order valence-corrected chi connectivity index (χ1v) is 9.16. The number of carbonyl (C=O) groups is 2. The molecule has 1 aromatic rings. The highest BCUT2D eigenvalue weighted by molar-refractivity contribution is 5.91. The summed E-state index contributed by atoms with van der Waals surface area (Å²) >= 11 is 0. The Morgan fingerprint density at radius 1 is 1.26 bits per heavy atom. The summed E-state index contributed by atoms with van der Waals surface area (Å²) < 4.78 is 11.5. The first-order valence-electron chi connectivity index (χ1n) is 9.16. The zero-order valence-electron chi connectivity index (χ0n) is 16.4. The van der Waals surface area contributed by atoms with Gasteiger partial charge >= 0.3 is 6.09 Å². The van der Waals surface area contributed by atoms with Crippen LogP contribution in [0.15, 0.2) is 24.3 Å². The van der Waals surface area contributed by atoms with Gasteiger partial charge in [0.2, 0.25) is 0 Å². The molecule has 7 nitrogen and oxygen atoms in total. The Hall–Kier alpha value is -1.39. The summed E-state index contributed by atoms with van der Waals surface area (Å²) in [5.74, 6) is 0.377. The van der Waals surface area contributed by atoms with Crippen molar-refractivity contribution in [1.29, 1.82) is 0 Å². The molecule has 2 rings (SSSR count). The highest BCUT2D eigenvalue weighted by Crippen LogP contribution is 2.19. The summed E-state index contributed by atoms with van der Waals surface area (Å²) in [6.07, 6.45) is 1.76. The lowest BCUT2D eigenvalue weighted by Crippen LogP contribution is -3.00. The Bertz CT molecular complexity index is 619. The normalized spacial score (nSPS) is 15.4. The van der Waals surface area contributed by atoms with E-state index in [4.69, 9.17) is 9.47 Å². The number of ether oxygens (including phenoxy) is 2. The van der Waals surface area contributed by atoms with E-state index in [1.54, 1.807) is 38.4 Å². The number of halogens is 1. The van der Waals surface area contributed by atoms with Crippen LogP contribution in [-0.4, -0.2) is 74.9 Å². The predicted molar refractivity (Wildman–Crippen MR) is 100 cm³/mol. The summed E-state index contributed by atoms with van der Waals surface area (Å²) in [4.78, 5) is 25.6. The number of hydrogen-bond acceptors (Lipinski definition) is 4. The Balaban J connectivity index is 0.00000364. The van der Waals surface area contributed by atoms with Crippen molar-refractivity contribution in [1.82, 2.24) is 4.90 Å². The molecule has 0 aliphatic carbocycles. The van der Waals surface area contributed by atoms with Crippen LogP contribution in [0.5, 0.6) is 5.75 Å². The van der Waals surface area contributed by atoms with Gasteiger partial charge in [-0.05, 0) is 18.6 Å². The van der Waals surface area contributed by atoms with Crippen molar-refractivity contribution in [2.45, 2.75) is 19.8 Å². The number of quaternary nitrogens is 1. The van der Waals surface area contributed by atoms with Gasteiger partial charge < -0.3 is 48.2 Å². The Morgan fingerprint density at radius 3 is 2.59 bits per heavy atom. The number of hydrogen-bond donors (Lipinski definition) is 1. The SMILES string of the molecule is CCCC[N+]1(CC(=O)Nc2cccc(OC(=O)N(C)C)c2)CCOCC1.[I-]. The molecular weight excluding hydrogens is 461 g/mol. The number of anilines is 1. The van der Waals surface area contributed by atoms with E-state index in [-0.39, 0.29) is 29.9 Å². The highest BCUT2D eigenvalue weighted by atomic mass is 127. The van der Waals surface area contributed by atoms with E-state index in [9.17, 15) is 9.59 Å². The molecule has 1 aliphatic heterocycles. The van der Waals surface area contributed by atoms with Crippen LogP contribution in [-0.2, 0) is 9.53 Å². The van der Waals surface area contributed by atoms with Crippen molar-refractivity contribution >= 4 is 17.7 Å². The average Bonchev–Trinajstić information content (AvgIpc) is 2.61. The number of nitrogens with zero attached hydrogens (tertiary/aromatic N) is 2. The van der Waals surface area contributed by atoms with Gasteiger partial charge in [0.05, 0.1) is 19.8 Å². The second-order valence-electron chi connectivity index (χ2n) is 6.97. The highest BCUT2D eigenvalue weighted by Gasteiger charge is 2.32. The molecule has 1 saturated heterocycles. The van der Waals surface area contributed by atoms with E-state index in [2.05, 4.69) is 12.2 Å².